The molecule has 0 atom stereocenters. The van der Waals surface area contributed by atoms with Crippen LogP contribution in [0.2, 0.25) is 0 Å². The molecule has 0 radical (unpaired) electrons. The molecular weight excluding hydrogens is 396 g/mol. The Morgan fingerprint density at radius 1 is 1.10 bits per heavy atom. The molecule has 9 nitrogen and oxygen atoms in total. The molecule has 0 unspecified atom stereocenters. The van der Waals surface area contributed by atoms with E-state index in [1.54, 1.807) is 6.07 Å². The number of carbonyl (C=O) groups excluding carboxylic acids is 2. The van der Waals surface area contributed by atoms with E-state index >= 15 is 0 Å². The number of ether oxygens (including phenoxy) is 1. The monoisotopic (exact) mass is 420 g/mol. The molecular formula is C22H24N6O3. The summed E-state index contributed by atoms with van der Waals surface area (Å²) in [5.41, 5.74) is 2.54. The van der Waals surface area contributed by atoms with Gasteiger partial charge in [-0.3, -0.25) is 24.6 Å². The summed E-state index contributed by atoms with van der Waals surface area (Å²) in [5, 5.41) is 12.1. The number of anilines is 2. The van der Waals surface area contributed by atoms with Gasteiger partial charge in [0.05, 0.1) is 24.6 Å². The van der Waals surface area contributed by atoms with Crippen molar-refractivity contribution in [2.75, 3.05) is 30.8 Å². The molecule has 160 valence electrons. The zero-order valence-electron chi connectivity index (χ0n) is 17.2. The van der Waals surface area contributed by atoms with Crippen LogP contribution in [0.1, 0.15) is 39.3 Å². The number of nitrogens with zero attached hydrogens (tertiary/aromatic N) is 3. The van der Waals surface area contributed by atoms with E-state index in [1.807, 2.05) is 24.3 Å². The minimum atomic E-state index is -0.424. The largest absolute Gasteiger partial charge is 0.495 e. The predicted molar refractivity (Wildman–Crippen MR) is 116 cm³/mol. The first-order chi connectivity index (χ1) is 15.1. The Bertz CT molecular complexity index is 1060. The number of amides is 2. The molecule has 3 aromatic rings. The van der Waals surface area contributed by atoms with E-state index in [4.69, 9.17) is 4.74 Å². The Hall–Kier alpha value is -3.72. The Labute approximate surface area is 179 Å². The predicted octanol–water partition coefficient (Wildman–Crippen LogP) is 2.91. The number of rotatable bonds is 7. The van der Waals surface area contributed by atoms with Crippen LogP contribution in [-0.2, 0) is 6.54 Å². The van der Waals surface area contributed by atoms with Crippen LogP contribution >= 0.6 is 0 Å². The van der Waals surface area contributed by atoms with E-state index in [1.165, 1.54) is 44.1 Å². The first-order valence-corrected chi connectivity index (χ1v) is 10.1. The summed E-state index contributed by atoms with van der Waals surface area (Å²) in [6, 6.07) is 9.33. The molecule has 1 aliphatic heterocycles. The zero-order valence-corrected chi connectivity index (χ0v) is 17.2. The molecule has 0 saturated carbocycles. The molecule has 0 spiro atoms. The van der Waals surface area contributed by atoms with Gasteiger partial charge in [0, 0.05) is 24.6 Å². The molecule has 31 heavy (non-hydrogen) atoms. The molecule has 4 rings (SSSR count). The van der Waals surface area contributed by atoms with E-state index in [9.17, 15) is 9.59 Å². The van der Waals surface area contributed by atoms with Gasteiger partial charge in [-0.25, -0.2) is 0 Å². The van der Waals surface area contributed by atoms with Crippen LogP contribution in [0.25, 0.3) is 0 Å². The van der Waals surface area contributed by atoms with Gasteiger partial charge in [-0.2, -0.15) is 5.10 Å². The first-order valence-electron chi connectivity index (χ1n) is 10.1. The average molecular weight is 420 g/mol. The van der Waals surface area contributed by atoms with Crippen LogP contribution in [-0.4, -0.2) is 52.1 Å². The van der Waals surface area contributed by atoms with Gasteiger partial charge in [-0.05, 0) is 49.7 Å². The summed E-state index contributed by atoms with van der Waals surface area (Å²) in [6.07, 6.45) is 6.89. The quantitative estimate of drug-likeness (QED) is 0.542. The number of aromatic nitrogens is 3. The number of aromatic amines is 1. The van der Waals surface area contributed by atoms with Crippen LogP contribution in [0, 0.1) is 0 Å². The SMILES string of the molecule is COc1cncc(C(=O)Nc2c[nH]nc2C(=O)Nc2ccc(CN3CCCC3)cc2)c1. The van der Waals surface area contributed by atoms with Crippen molar-refractivity contribution >= 4 is 23.2 Å². The third kappa shape index (κ3) is 5.07. The van der Waals surface area contributed by atoms with E-state index in [0.717, 1.165) is 19.6 Å². The van der Waals surface area contributed by atoms with Crippen LogP contribution in [0.3, 0.4) is 0 Å². The third-order valence-electron chi connectivity index (χ3n) is 5.13. The Balaban J connectivity index is 1.39. The topological polar surface area (TPSA) is 112 Å². The second kappa shape index (κ2) is 9.40. The first kappa shape index (κ1) is 20.5. The molecule has 0 aliphatic carbocycles. The number of carbonyl (C=O) groups is 2. The molecule has 3 heterocycles. The number of hydrogen-bond acceptors (Lipinski definition) is 6. The van der Waals surface area contributed by atoms with E-state index in [0.29, 0.717) is 17.0 Å². The maximum absolute atomic E-state index is 12.7. The second-order valence-electron chi connectivity index (χ2n) is 7.35. The lowest BCUT2D eigenvalue weighted by Gasteiger charge is -2.14. The highest BCUT2D eigenvalue weighted by atomic mass is 16.5. The number of methoxy groups -OCH3 is 1. The van der Waals surface area contributed by atoms with Gasteiger partial charge in [0.15, 0.2) is 5.69 Å². The second-order valence-corrected chi connectivity index (χ2v) is 7.35. The molecule has 3 N–H and O–H groups in total. The number of nitrogens with one attached hydrogen (secondary N) is 3. The molecule has 1 aliphatic rings. The van der Waals surface area contributed by atoms with Crippen molar-refractivity contribution < 1.29 is 14.3 Å². The van der Waals surface area contributed by atoms with Gasteiger partial charge in [0.2, 0.25) is 0 Å². The van der Waals surface area contributed by atoms with Gasteiger partial charge in [-0.15, -0.1) is 0 Å². The van der Waals surface area contributed by atoms with Crippen LogP contribution in [0.4, 0.5) is 11.4 Å². The maximum Gasteiger partial charge on any atom is 0.278 e. The highest BCUT2D eigenvalue weighted by molar-refractivity contribution is 6.11. The fraction of sp³-hybridized carbons (Fsp3) is 0.273. The normalized spacial score (nSPS) is 13.7. The number of H-pyrrole nitrogens is 1. The fourth-order valence-electron chi connectivity index (χ4n) is 3.49. The minimum absolute atomic E-state index is 0.0883. The highest BCUT2D eigenvalue weighted by Crippen LogP contribution is 2.19. The number of pyridine rings is 1. The molecule has 1 saturated heterocycles. The van der Waals surface area contributed by atoms with Crippen molar-refractivity contribution in [3.63, 3.8) is 0 Å². The van der Waals surface area contributed by atoms with E-state index in [-0.39, 0.29) is 11.4 Å². The van der Waals surface area contributed by atoms with E-state index < -0.39 is 11.8 Å². The summed E-state index contributed by atoms with van der Waals surface area (Å²) in [5.74, 6) is -0.383. The maximum atomic E-state index is 12.7. The Morgan fingerprint density at radius 3 is 2.61 bits per heavy atom. The van der Waals surface area contributed by atoms with Crippen molar-refractivity contribution in [1.82, 2.24) is 20.1 Å². The van der Waals surface area contributed by atoms with Crippen molar-refractivity contribution in [3.8, 4) is 5.75 Å². The number of benzene rings is 1. The molecule has 1 fully saturated rings. The fourth-order valence-corrected chi connectivity index (χ4v) is 3.49. The Kier molecular flexibility index (Phi) is 6.23. The van der Waals surface area contributed by atoms with Gasteiger partial charge in [0.1, 0.15) is 5.75 Å². The number of likely N-dealkylation sites (tertiary alicyclic amines) is 1. The molecule has 1 aromatic carbocycles. The van der Waals surface area contributed by atoms with Gasteiger partial charge >= 0.3 is 0 Å². The zero-order chi connectivity index (χ0) is 21.6. The summed E-state index contributed by atoms with van der Waals surface area (Å²) in [4.78, 5) is 31.6. The van der Waals surface area contributed by atoms with Crippen LogP contribution < -0.4 is 15.4 Å². The van der Waals surface area contributed by atoms with Crippen LogP contribution in [0.15, 0.2) is 48.9 Å². The molecule has 0 bridgehead atoms. The van der Waals surface area contributed by atoms with Crippen LogP contribution in [0.5, 0.6) is 5.75 Å². The average Bonchev–Trinajstić information content (AvgIpc) is 3.47. The lowest BCUT2D eigenvalue weighted by Crippen LogP contribution is -2.19. The summed E-state index contributed by atoms with van der Waals surface area (Å²) >= 11 is 0. The third-order valence-corrected chi connectivity index (χ3v) is 5.13. The van der Waals surface area contributed by atoms with Gasteiger partial charge in [-0.1, -0.05) is 12.1 Å². The Morgan fingerprint density at radius 2 is 1.87 bits per heavy atom. The smallest absolute Gasteiger partial charge is 0.278 e. The summed E-state index contributed by atoms with van der Waals surface area (Å²) < 4.78 is 5.09. The summed E-state index contributed by atoms with van der Waals surface area (Å²) in [6.45, 7) is 3.19. The number of hydrogen-bond donors (Lipinski definition) is 3. The van der Waals surface area contributed by atoms with Crippen molar-refractivity contribution in [3.05, 3.63) is 65.7 Å². The van der Waals surface area contributed by atoms with Crippen molar-refractivity contribution in [2.45, 2.75) is 19.4 Å². The lowest BCUT2D eigenvalue weighted by molar-refractivity contribution is 0.102. The lowest BCUT2D eigenvalue weighted by atomic mass is 10.2. The van der Waals surface area contributed by atoms with Gasteiger partial charge in [0.25, 0.3) is 11.8 Å². The van der Waals surface area contributed by atoms with E-state index in [2.05, 4.69) is 30.7 Å². The van der Waals surface area contributed by atoms with Crippen molar-refractivity contribution in [2.24, 2.45) is 0 Å². The molecule has 2 amide bonds. The molecule has 2 aromatic heterocycles. The minimum Gasteiger partial charge on any atom is -0.495 e. The highest BCUT2D eigenvalue weighted by Gasteiger charge is 2.18. The van der Waals surface area contributed by atoms with Gasteiger partial charge < -0.3 is 15.4 Å². The summed E-state index contributed by atoms with van der Waals surface area (Å²) in [7, 11) is 1.50. The standard InChI is InChI=1S/C22H24N6O3/c1-31-18-10-16(11-23-12-18)21(29)26-19-13-24-27-20(19)22(30)25-17-6-4-15(5-7-17)14-28-8-2-3-9-28/h4-7,10-13H,2-3,8-9,14H2,1H3,(H,24,27)(H,25,30)(H,26,29). The van der Waals surface area contributed by atoms with Crippen molar-refractivity contribution in [1.29, 1.82) is 0 Å². The molecule has 9 heteroatoms.